The van der Waals surface area contributed by atoms with Crippen molar-refractivity contribution in [3.05, 3.63) is 12.2 Å². The lowest BCUT2D eigenvalue weighted by Gasteiger charge is -2.66. The second kappa shape index (κ2) is 5.34. The van der Waals surface area contributed by atoms with Crippen molar-refractivity contribution in [2.45, 2.75) is 51.7 Å². The molecular formula is C20H26O5. The van der Waals surface area contributed by atoms with Crippen molar-refractivity contribution in [3.63, 3.8) is 0 Å². The molecule has 2 saturated heterocycles. The molecule has 5 nitrogen and oxygen atoms in total. The number of Topliss-reactive ketones (excluding diaryl/α,β-unsaturated/α-hetero) is 2. The Morgan fingerprint density at radius 2 is 2.04 bits per heavy atom. The minimum atomic E-state index is -1.13. The van der Waals surface area contributed by atoms with E-state index in [9.17, 15) is 19.5 Å². The Morgan fingerprint density at radius 1 is 1.32 bits per heavy atom. The molecule has 136 valence electrons. The third-order valence-corrected chi connectivity index (χ3v) is 7.76. The quantitative estimate of drug-likeness (QED) is 0.608. The number of carbonyl (C=O) groups excluding carboxylic acids is 3. The summed E-state index contributed by atoms with van der Waals surface area (Å²) < 4.78 is 6.03. The number of hydrogen-bond donors (Lipinski definition) is 1. The predicted molar refractivity (Wildman–Crippen MR) is 89.6 cm³/mol. The molecule has 2 bridgehead atoms. The van der Waals surface area contributed by atoms with Crippen LogP contribution in [0.5, 0.6) is 0 Å². The van der Waals surface area contributed by atoms with Gasteiger partial charge in [-0.05, 0) is 42.1 Å². The molecule has 3 aliphatic carbocycles. The molecule has 0 aromatic rings. The van der Waals surface area contributed by atoms with Crippen LogP contribution in [0.15, 0.2) is 12.2 Å². The standard InChI is InChI=1S/C20H26O5/c1-10(8-21)11-4-5-13-12(6-11)16(23)17(24)18-19(2,3)15-7-14(22)20(13,18)9-25-15/h8,11-13,15,17-18,24H,1,4-7,9H2,2-3H3/t11-,12-,13-,15?,17-,18-,20-/m1/s1. The average molecular weight is 346 g/mol. The molecule has 25 heavy (non-hydrogen) atoms. The van der Waals surface area contributed by atoms with Crippen molar-refractivity contribution in [1.82, 2.24) is 0 Å². The smallest absolute Gasteiger partial charge is 0.165 e. The molecule has 0 aromatic carbocycles. The van der Waals surface area contributed by atoms with Crippen LogP contribution in [0.2, 0.25) is 0 Å². The molecule has 1 N–H and O–H groups in total. The van der Waals surface area contributed by atoms with E-state index in [-0.39, 0.29) is 41.3 Å². The monoisotopic (exact) mass is 346 g/mol. The maximum atomic E-state index is 13.1. The van der Waals surface area contributed by atoms with E-state index in [1.807, 2.05) is 13.8 Å². The Hall–Kier alpha value is -1.33. The minimum Gasteiger partial charge on any atom is -0.385 e. The Labute approximate surface area is 147 Å². The first-order valence-electron chi connectivity index (χ1n) is 9.25. The molecule has 5 rings (SSSR count). The van der Waals surface area contributed by atoms with Gasteiger partial charge in [0, 0.05) is 18.3 Å². The zero-order valence-corrected chi connectivity index (χ0v) is 14.9. The molecule has 5 fully saturated rings. The fraction of sp³-hybridized carbons (Fsp3) is 0.750. The van der Waals surface area contributed by atoms with Crippen LogP contribution >= 0.6 is 0 Å². The van der Waals surface area contributed by atoms with Gasteiger partial charge >= 0.3 is 0 Å². The van der Waals surface area contributed by atoms with E-state index in [4.69, 9.17) is 4.74 Å². The summed E-state index contributed by atoms with van der Waals surface area (Å²) in [4.78, 5) is 37.2. The third kappa shape index (κ3) is 2.00. The Morgan fingerprint density at radius 3 is 2.68 bits per heavy atom. The topological polar surface area (TPSA) is 80.7 Å². The van der Waals surface area contributed by atoms with Crippen LogP contribution in [0.3, 0.4) is 0 Å². The van der Waals surface area contributed by atoms with E-state index >= 15 is 0 Å². The van der Waals surface area contributed by atoms with Gasteiger partial charge in [-0.3, -0.25) is 14.4 Å². The van der Waals surface area contributed by atoms with E-state index in [2.05, 4.69) is 6.58 Å². The van der Waals surface area contributed by atoms with Gasteiger partial charge < -0.3 is 9.84 Å². The number of aliphatic hydroxyl groups is 1. The number of carbonyl (C=O) groups is 3. The molecule has 7 atom stereocenters. The summed E-state index contributed by atoms with van der Waals surface area (Å²) in [5, 5.41) is 10.9. The normalized spacial score (nSPS) is 47.8. The van der Waals surface area contributed by atoms with Gasteiger partial charge in [0.05, 0.1) is 18.1 Å². The lowest BCUT2D eigenvalue weighted by molar-refractivity contribution is -0.261. The Balaban J connectivity index is 1.78. The molecule has 5 aliphatic rings. The summed E-state index contributed by atoms with van der Waals surface area (Å²) in [6.07, 6.45) is 1.74. The number of aldehydes is 1. The van der Waals surface area contributed by atoms with Crippen molar-refractivity contribution in [1.29, 1.82) is 0 Å². The van der Waals surface area contributed by atoms with E-state index in [0.29, 0.717) is 31.4 Å². The van der Waals surface area contributed by atoms with E-state index in [0.717, 1.165) is 12.7 Å². The fourth-order valence-corrected chi connectivity index (χ4v) is 6.49. The van der Waals surface area contributed by atoms with E-state index in [1.165, 1.54) is 0 Å². The highest BCUT2D eigenvalue weighted by atomic mass is 16.5. The molecule has 2 aliphatic heterocycles. The van der Waals surface area contributed by atoms with Crippen molar-refractivity contribution in [2.75, 3.05) is 6.61 Å². The summed E-state index contributed by atoms with van der Waals surface area (Å²) in [6.45, 7) is 8.15. The van der Waals surface area contributed by atoms with Crippen molar-refractivity contribution in [3.8, 4) is 0 Å². The van der Waals surface area contributed by atoms with Gasteiger partial charge in [-0.15, -0.1) is 0 Å². The first-order valence-corrected chi connectivity index (χ1v) is 9.25. The van der Waals surface area contributed by atoms with Crippen LogP contribution < -0.4 is 0 Å². The molecule has 3 saturated carbocycles. The SMILES string of the molecule is C=C(C=O)[C@@H]1CC[C@@H]2[C@@H](C1)C(=O)[C@@H](O)[C@@H]1C(C)(C)C3CC(=O)[C@@]21CO3. The van der Waals surface area contributed by atoms with Gasteiger partial charge in [-0.2, -0.15) is 0 Å². The summed E-state index contributed by atoms with van der Waals surface area (Å²) in [7, 11) is 0. The molecule has 0 aromatic heterocycles. The highest BCUT2D eigenvalue weighted by Gasteiger charge is 2.72. The van der Waals surface area contributed by atoms with Crippen LogP contribution in [-0.4, -0.2) is 41.8 Å². The van der Waals surface area contributed by atoms with Gasteiger partial charge in [0.25, 0.3) is 0 Å². The lowest BCUT2D eigenvalue weighted by Crippen LogP contribution is -2.74. The summed E-state index contributed by atoms with van der Waals surface area (Å²) in [5.41, 5.74) is -0.658. The third-order valence-electron chi connectivity index (χ3n) is 7.76. The number of ether oxygens (including phenoxy) is 1. The van der Waals surface area contributed by atoms with Gasteiger partial charge in [0.1, 0.15) is 18.2 Å². The highest BCUT2D eigenvalue weighted by molar-refractivity contribution is 5.95. The summed E-state index contributed by atoms with van der Waals surface area (Å²) in [6, 6.07) is 0. The fourth-order valence-electron chi connectivity index (χ4n) is 6.49. The van der Waals surface area contributed by atoms with E-state index < -0.39 is 16.9 Å². The first-order chi connectivity index (χ1) is 11.7. The zero-order valence-electron chi connectivity index (χ0n) is 14.9. The lowest BCUT2D eigenvalue weighted by atomic mass is 9.40. The molecule has 1 unspecified atom stereocenters. The first kappa shape index (κ1) is 17.1. The number of hydrogen-bond acceptors (Lipinski definition) is 5. The minimum absolute atomic E-state index is 0.0354. The molecule has 1 spiro atoms. The largest absolute Gasteiger partial charge is 0.385 e. The van der Waals surface area contributed by atoms with Crippen molar-refractivity contribution < 1.29 is 24.2 Å². The summed E-state index contributed by atoms with van der Waals surface area (Å²) >= 11 is 0. The van der Waals surface area contributed by atoms with Gasteiger partial charge in [-0.25, -0.2) is 0 Å². The molecule has 0 amide bonds. The molecule has 2 heterocycles. The number of allylic oxidation sites excluding steroid dienone is 1. The zero-order chi connectivity index (χ0) is 18.1. The summed E-state index contributed by atoms with van der Waals surface area (Å²) in [5.74, 6) is -0.900. The van der Waals surface area contributed by atoms with Crippen LogP contribution in [0.4, 0.5) is 0 Å². The maximum absolute atomic E-state index is 13.1. The number of rotatable bonds is 2. The second-order valence-corrected chi connectivity index (χ2v) is 9.03. The van der Waals surface area contributed by atoms with Crippen molar-refractivity contribution in [2.24, 2.45) is 34.5 Å². The number of fused-ring (bicyclic) bond motifs is 3. The molecule has 0 radical (unpaired) electrons. The van der Waals surface area contributed by atoms with E-state index in [1.54, 1.807) is 0 Å². The van der Waals surface area contributed by atoms with Gasteiger partial charge in [0.2, 0.25) is 0 Å². The molecule has 5 heteroatoms. The van der Waals surface area contributed by atoms with Crippen LogP contribution in [0.25, 0.3) is 0 Å². The number of aliphatic hydroxyl groups excluding tert-OH is 1. The van der Waals surface area contributed by atoms with Crippen LogP contribution in [0.1, 0.15) is 39.5 Å². The maximum Gasteiger partial charge on any atom is 0.165 e. The highest BCUT2D eigenvalue weighted by Crippen LogP contribution is 2.65. The molecular weight excluding hydrogens is 320 g/mol. The van der Waals surface area contributed by atoms with Gasteiger partial charge in [0.15, 0.2) is 5.78 Å². The Kier molecular flexibility index (Phi) is 3.65. The van der Waals surface area contributed by atoms with Gasteiger partial charge in [-0.1, -0.05) is 20.4 Å². The second-order valence-electron chi connectivity index (χ2n) is 9.03. The predicted octanol–water partition coefficient (Wildman–Crippen LogP) is 1.72. The number of ketones is 2. The Bertz CT molecular complexity index is 665. The average Bonchev–Trinajstić information content (AvgIpc) is 2.59. The van der Waals surface area contributed by atoms with Crippen LogP contribution in [0, 0.1) is 34.5 Å². The van der Waals surface area contributed by atoms with Crippen molar-refractivity contribution >= 4 is 17.9 Å². The van der Waals surface area contributed by atoms with Crippen LogP contribution in [-0.2, 0) is 19.1 Å².